The van der Waals surface area contributed by atoms with Crippen molar-refractivity contribution >= 4 is 44.7 Å². The second-order valence-electron chi connectivity index (χ2n) is 8.85. The van der Waals surface area contributed by atoms with Gasteiger partial charge in [-0.05, 0) is 44.9 Å². The van der Waals surface area contributed by atoms with Crippen LogP contribution >= 0.6 is 11.3 Å². The summed E-state index contributed by atoms with van der Waals surface area (Å²) < 4.78 is 1.12. The number of benzene rings is 1. The van der Waals surface area contributed by atoms with Gasteiger partial charge in [0.1, 0.15) is 5.82 Å². The zero-order valence-electron chi connectivity index (χ0n) is 19.2. The first-order valence-corrected chi connectivity index (χ1v) is 12.3. The zero-order chi connectivity index (χ0) is 23.7. The maximum Gasteiger partial charge on any atom is 0.289 e. The Balaban J connectivity index is 1.39. The number of hydrogen-bond acceptors (Lipinski definition) is 8. The average Bonchev–Trinajstić information content (AvgIpc) is 3.48. The normalized spacial score (nSPS) is 14.6. The molecule has 34 heavy (non-hydrogen) atoms. The molecule has 0 atom stereocenters. The van der Waals surface area contributed by atoms with Gasteiger partial charge >= 0.3 is 0 Å². The molecule has 4 heterocycles. The van der Waals surface area contributed by atoms with E-state index in [1.807, 2.05) is 28.6 Å². The third kappa shape index (κ3) is 4.73. The number of amides is 1. The van der Waals surface area contributed by atoms with Gasteiger partial charge in [0.05, 0.1) is 27.6 Å². The van der Waals surface area contributed by atoms with Gasteiger partial charge in [-0.1, -0.05) is 0 Å². The number of nitrogens with one attached hydrogen (secondary N) is 3. The molecule has 5 N–H and O–H groups in total. The van der Waals surface area contributed by atoms with Crippen molar-refractivity contribution < 1.29 is 4.79 Å². The Morgan fingerprint density at radius 3 is 2.79 bits per heavy atom. The van der Waals surface area contributed by atoms with Crippen molar-refractivity contribution in [1.29, 1.82) is 0 Å². The monoisotopic (exact) mass is 476 g/mol. The molecule has 1 aliphatic heterocycles. The van der Waals surface area contributed by atoms with Crippen molar-refractivity contribution in [3.63, 3.8) is 0 Å². The number of imidazole rings is 1. The molecule has 0 spiro atoms. The second-order valence-corrected chi connectivity index (χ2v) is 9.74. The Kier molecular flexibility index (Phi) is 6.16. The van der Waals surface area contributed by atoms with E-state index < -0.39 is 0 Å². The molecule has 1 saturated heterocycles. The van der Waals surface area contributed by atoms with Crippen molar-refractivity contribution in [2.45, 2.75) is 38.8 Å². The Labute approximate surface area is 201 Å². The van der Waals surface area contributed by atoms with Gasteiger partial charge in [-0.2, -0.15) is 0 Å². The van der Waals surface area contributed by atoms with Gasteiger partial charge in [0.25, 0.3) is 5.91 Å². The summed E-state index contributed by atoms with van der Waals surface area (Å²) in [4.78, 5) is 31.2. The van der Waals surface area contributed by atoms with E-state index in [9.17, 15) is 4.79 Å². The number of thiazole rings is 1. The molecule has 0 bridgehead atoms. The number of likely N-dealkylation sites (tertiary alicyclic amines) is 1. The first kappa shape index (κ1) is 22.3. The minimum Gasteiger partial charge on any atom is -0.382 e. The van der Waals surface area contributed by atoms with Crippen molar-refractivity contribution in [3.05, 3.63) is 48.0 Å². The summed E-state index contributed by atoms with van der Waals surface area (Å²) in [6.07, 6.45) is 5.11. The molecular formula is C24H28N8OS. The minimum absolute atomic E-state index is 0.0961. The molecule has 0 unspecified atom stereocenters. The standard InChI is InChI=1S/C24H28N8OS/c1-14(2)29-19-10-22(30-16-3-4-18-21(9-16)34-13-28-18)26-11-17(19)20-12-27-23(31-20)24(33)32-7-5-15(25)6-8-32/h3-4,9-15H,5-8,25H2,1-2H3,(H,27,31)(H2,26,29,30). The molecular weight excluding hydrogens is 448 g/mol. The number of H-pyrrole nitrogens is 1. The number of rotatable bonds is 6. The predicted molar refractivity (Wildman–Crippen MR) is 137 cm³/mol. The summed E-state index contributed by atoms with van der Waals surface area (Å²) in [5.41, 5.74) is 12.2. The molecule has 10 heteroatoms. The fourth-order valence-corrected chi connectivity index (χ4v) is 4.78. The molecule has 5 rings (SSSR count). The lowest BCUT2D eigenvalue weighted by molar-refractivity contribution is 0.0703. The van der Waals surface area contributed by atoms with Gasteiger partial charge in [0, 0.05) is 54.4 Å². The Hall–Kier alpha value is -3.50. The van der Waals surface area contributed by atoms with Gasteiger partial charge in [0.2, 0.25) is 0 Å². The summed E-state index contributed by atoms with van der Waals surface area (Å²) in [5, 5.41) is 6.86. The highest BCUT2D eigenvalue weighted by Gasteiger charge is 2.24. The van der Waals surface area contributed by atoms with Gasteiger partial charge in [-0.15, -0.1) is 11.3 Å². The van der Waals surface area contributed by atoms with Gasteiger partial charge < -0.3 is 26.3 Å². The van der Waals surface area contributed by atoms with Crippen LogP contribution in [0.25, 0.3) is 21.5 Å². The van der Waals surface area contributed by atoms with E-state index in [1.54, 1.807) is 23.7 Å². The zero-order valence-corrected chi connectivity index (χ0v) is 20.0. The number of aromatic amines is 1. The summed E-state index contributed by atoms with van der Waals surface area (Å²) in [6, 6.07) is 8.41. The van der Waals surface area contributed by atoms with Crippen molar-refractivity contribution in [2.75, 3.05) is 23.7 Å². The minimum atomic E-state index is -0.0961. The number of fused-ring (bicyclic) bond motifs is 1. The number of hydrogen-bond donors (Lipinski definition) is 4. The number of nitrogens with two attached hydrogens (primary N) is 1. The lowest BCUT2D eigenvalue weighted by atomic mass is 10.1. The van der Waals surface area contributed by atoms with E-state index in [0.717, 1.165) is 51.5 Å². The van der Waals surface area contributed by atoms with Gasteiger partial charge in [-0.3, -0.25) is 4.79 Å². The number of pyridine rings is 1. The highest BCUT2D eigenvalue weighted by molar-refractivity contribution is 7.16. The molecule has 1 fully saturated rings. The summed E-state index contributed by atoms with van der Waals surface area (Å²) in [6.45, 7) is 5.48. The third-order valence-electron chi connectivity index (χ3n) is 5.85. The largest absolute Gasteiger partial charge is 0.382 e. The molecule has 176 valence electrons. The second kappa shape index (κ2) is 9.40. The van der Waals surface area contributed by atoms with Crippen LogP contribution in [0.3, 0.4) is 0 Å². The van der Waals surface area contributed by atoms with E-state index in [1.165, 1.54) is 0 Å². The third-order valence-corrected chi connectivity index (χ3v) is 6.64. The molecule has 0 radical (unpaired) electrons. The van der Waals surface area contributed by atoms with E-state index in [4.69, 9.17) is 5.73 Å². The molecule has 0 saturated carbocycles. The van der Waals surface area contributed by atoms with Gasteiger partial charge in [-0.25, -0.2) is 15.0 Å². The van der Waals surface area contributed by atoms with Crippen LogP contribution in [-0.4, -0.2) is 55.9 Å². The topological polar surface area (TPSA) is 125 Å². The highest BCUT2D eigenvalue weighted by atomic mass is 32.1. The first-order chi connectivity index (χ1) is 16.5. The van der Waals surface area contributed by atoms with Crippen molar-refractivity contribution in [1.82, 2.24) is 24.8 Å². The molecule has 1 aliphatic rings. The van der Waals surface area contributed by atoms with Crippen LogP contribution < -0.4 is 16.4 Å². The Morgan fingerprint density at radius 1 is 1.18 bits per heavy atom. The maximum absolute atomic E-state index is 12.9. The summed E-state index contributed by atoms with van der Waals surface area (Å²) >= 11 is 1.61. The summed E-state index contributed by atoms with van der Waals surface area (Å²) in [7, 11) is 0. The average molecular weight is 477 g/mol. The molecule has 1 aromatic carbocycles. The molecule has 3 aromatic heterocycles. The SMILES string of the molecule is CC(C)Nc1cc(Nc2ccc3ncsc3c2)ncc1-c1cnc(C(=O)N2CCC(N)CC2)[nH]1. The van der Waals surface area contributed by atoms with Crippen LogP contribution in [-0.2, 0) is 0 Å². The fourth-order valence-electron chi connectivity index (χ4n) is 4.07. The van der Waals surface area contributed by atoms with Gasteiger partial charge in [0.15, 0.2) is 5.82 Å². The fraction of sp³-hybridized carbons (Fsp3) is 0.333. The number of nitrogens with zero attached hydrogens (tertiary/aromatic N) is 4. The predicted octanol–water partition coefficient (Wildman–Crippen LogP) is 4.21. The molecule has 1 amide bonds. The molecule has 0 aliphatic carbocycles. The number of carbonyl (C=O) groups excluding carboxylic acids is 1. The smallest absolute Gasteiger partial charge is 0.289 e. The van der Waals surface area contributed by atoms with Crippen LogP contribution in [0, 0.1) is 0 Å². The van der Waals surface area contributed by atoms with Crippen LogP contribution in [0.4, 0.5) is 17.2 Å². The molecule has 4 aromatic rings. The Morgan fingerprint density at radius 2 is 2.00 bits per heavy atom. The highest BCUT2D eigenvalue weighted by Crippen LogP contribution is 2.31. The number of aromatic nitrogens is 4. The first-order valence-electron chi connectivity index (χ1n) is 11.4. The quantitative estimate of drug-likeness (QED) is 0.328. The van der Waals surface area contributed by atoms with E-state index in [0.29, 0.717) is 18.9 Å². The lowest BCUT2D eigenvalue weighted by Crippen LogP contribution is -2.43. The lowest BCUT2D eigenvalue weighted by Gasteiger charge is -2.29. The van der Waals surface area contributed by atoms with Crippen LogP contribution in [0.2, 0.25) is 0 Å². The number of piperidine rings is 1. The summed E-state index contributed by atoms with van der Waals surface area (Å²) in [5.74, 6) is 0.957. The van der Waals surface area contributed by atoms with Crippen molar-refractivity contribution in [3.8, 4) is 11.3 Å². The number of carbonyl (C=O) groups is 1. The molecule has 9 nitrogen and oxygen atoms in total. The van der Waals surface area contributed by atoms with Crippen LogP contribution in [0.1, 0.15) is 37.3 Å². The maximum atomic E-state index is 12.9. The van der Waals surface area contributed by atoms with Crippen molar-refractivity contribution in [2.24, 2.45) is 5.73 Å². The van der Waals surface area contributed by atoms with E-state index in [2.05, 4.69) is 50.5 Å². The van der Waals surface area contributed by atoms with E-state index in [-0.39, 0.29) is 18.0 Å². The van der Waals surface area contributed by atoms with E-state index >= 15 is 0 Å². The van der Waals surface area contributed by atoms with Crippen LogP contribution in [0.5, 0.6) is 0 Å². The number of anilines is 3. The van der Waals surface area contributed by atoms with Crippen LogP contribution in [0.15, 0.2) is 42.2 Å². The Bertz CT molecular complexity index is 1310.